The number of hydrogen-bond acceptors (Lipinski definition) is 0. The summed E-state index contributed by atoms with van der Waals surface area (Å²) >= 11 is 0. The SMILES string of the molecule is CC[SiH](CC)CC.[HH]. The van der Waals surface area contributed by atoms with Gasteiger partial charge in [-0.2, -0.15) is 0 Å². The van der Waals surface area contributed by atoms with Crippen molar-refractivity contribution in [2.75, 3.05) is 0 Å². The Kier molecular flexibility index (Phi) is 4.51. The van der Waals surface area contributed by atoms with Gasteiger partial charge >= 0.3 is 0 Å². The molecule has 0 aromatic rings. The second-order valence-corrected chi connectivity index (χ2v) is 6.27. The molecule has 0 bridgehead atoms. The summed E-state index contributed by atoms with van der Waals surface area (Å²) < 4.78 is 0. The smallest absolute Gasteiger partial charge is 0.0359 e. The van der Waals surface area contributed by atoms with E-state index in [0.717, 1.165) is 0 Å². The zero-order valence-electron chi connectivity index (χ0n) is 5.70. The van der Waals surface area contributed by atoms with E-state index in [1.165, 1.54) is 18.1 Å². The summed E-state index contributed by atoms with van der Waals surface area (Å²) in [7, 11) is -0.171. The third-order valence-corrected chi connectivity index (χ3v) is 5.20. The van der Waals surface area contributed by atoms with E-state index in [1.54, 1.807) is 0 Å². The molecule has 0 aromatic heterocycles. The minimum Gasteiger partial charge on any atom is -0.0680 e. The maximum Gasteiger partial charge on any atom is 0.0359 e. The monoisotopic (exact) mass is 118 g/mol. The van der Waals surface area contributed by atoms with Crippen molar-refractivity contribution < 1.29 is 1.43 Å². The molecule has 0 heterocycles. The average Bonchev–Trinajstić information content (AvgIpc) is 1.72. The van der Waals surface area contributed by atoms with Crippen LogP contribution in [0.15, 0.2) is 0 Å². The van der Waals surface area contributed by atoms with Crippen molar-refractivity contribution in [3.63, 3.8) is 0 Å². The summed E-state index contributed by atoms with van der Waals surface area (Å²) in [5.41, 5.74) is 0. The molecule has 0 nitrogen and oxygen atoms in total. The summed E-state index contributed by atoms with van der Waals surface area (Å²) in [6, 6.07) is 4.48. The van der Waals surface area contributed by atoms with Crippen LogP contribution in [-0.2, 0) is 0 Å². The zero-order chi connectivity index (χ0) is 5.70. The second-order valence-electron chi connectivity index (χ2n) is 2.09. The van der Waals surface area contributed by atoms with Gasteiger partial charge in [-0.1, -0.05) is 38.9 Å². The van der Waals surface area contributed by atoms with E-state index in [-0.39, 0.29) is 10.2 Å². The third-order valence-electron chi connectivity index (χ3n) is 1.73. The molecule has 46 valence electrons. The molecule has 0 radical (unpaired) electrons. The van der Waals surface area contributed by atoms with Gasteiger partial charge in [0, 0.05) is 10.2 Å². The van der Waals surface area contributed by atoms with Crippen LogP contribution in [-0.4, -0.2) is 8.80 Å². The van der Waals surface area contributed by atoms with Crippen LogP contribution in [0.3, 0.4) is 0 Å². The second kappa shape index (κ2) is 4.38. The maximum atomic E-state index is 2.32. The van der Waals surface area contributed by atoms with Crippen molar-refractivity contribution in [1.82, 2.24) is 0 Å². The van der Waals surface area contributed by atoms with E-state index in [9.17, 15) is 0 Å². The fourth-order valence-electron chi connectivity index (χ4n) is 0.866. The molecule has 1 heteroatoms. The Morgan fingerprint density at radius 2 is 1.29 bits per heavy atom. The number of rotatable bonds is 3. The summed E-state index contributed by atoms with van der Waals surface area (Å²) in [5, 5.41) is 0. The van der Waals surface area contributed by atoms with Crippen molar-refractivity contribution in [1.29, 1.82) is 0 Å². The highest BCUT2D eigenvalue weighted by atomic mass is 28.3. The molecule has 0 unspecified atom stereocenters. The molecule has 0 atom stereocenters. The van der Waals surface area contributed by atoms with Crippen LogP contribution < -0.4 is 0 Å². The predicted molar refractivity (Wildman–Crippen MR) is 40.7 cm³/mol. The standard InChI is InChI=1S/C6H16Si.H2/c1-4-7(5-2)6-3;/h7H,4-6H2,1-3H3;1H. The fraction of sp³-hybridized carbons (Fsp3) is 1.00. The average molecular weight is 118 g/mol. The highest BCUT2D eigenvalue weighted by Crippen LogP contribution is 2.01. The lowest BCUT2D eigenvalue weighted by atomic mass is 10.9. The highest BCUT2D eigenvalue weighted by Gasteiger charge is 1.98. The summed E-state index contributed by atoms with van der Waals surface area (Å²) in [5.74, 6) is 0. The Labute approximate surface area is 50.0 Å². The van der Waals surface area contributed by atoms with Crippen molar-refractivity contribution in [3.8, 4) is 0 Å². The molecule has 0 saturated carbocycles. The molecule has 0 N–H and O–H groups in total. The molecule has 0 aromatic carbocycles. The Balaban J connectivity index is 0. The molecule has 0 fully saturated rings. The highest BCUT2D eigenvalue weighted by molar-refractivity contribution is 6.58. The van der Waals surface area contributed by atoms with Gasteiger partial charge in [0.2, 0.25) is 0 Å². The Hall–Kier alpha value is 0.217. The van der Waals surface area contributed by atoms with Crippen LogP contribution in [0.2, 0.25) is 18.1 Å². The van der Waals surface area contributed by atoms with Gasteiger partial charge < -0.3 is 0 Å². The summed E-state index contributed by atoms with van der Waals surface area (Å²) in [4.78, 5) is 0. The van der Waals surface area contributed by atoms with Crippen molar-refractivity contribution in [3.05, 3.63) is 0 Å². The van der Waals surface area contributed by atoms with E-state index in [4.69, 9.17) is 0 Å². The lowest BCUT2D eigenvalue weighted by Gasteiger charge is -2.03. The van der Waals surface area contributed by atoms with Crippen LogP contribution >= 0.6 is 0 Å². The molecule has 0 aliphatic rings. The first-order valence-corrected chi connectivity index (χ1v) is 5.80. The largest absolute Gasteiger partial charge is 0.0680 e. The third kappa shape index (κ3) is 2.86. The van der Waals surface area contributed by atoms with Gasteiger partial charge in [0.15, 0.2) is 0 Å². The van der Waals surface area contributed by atoms with E-state index >= 15 is 0 Å². The first-order chi connectivity index (χ1) is 3.35. The van der Waals surface area contributed by atoms with Crippen LogP contribution in [0.25, 0.3) is 0 Å². The summed E-state index contributed by atoms with van der Waals surface area (Å²) in [6.45, 7) is 6.97. The quantitative estimate of drug-likeness (QED) is 0.500. The Bertz CT molecular complexity index is 30.0. The lowest BCUT2D eigenvalue weighted by Crippen LogP contribution is -2.04. The summed E-state index contributed by atoms with van der Waals surface area (Å²) in [6.07, 6.45) is 0. The topological polar surface area (TPSA) is 0 Å². The number of hydrogen-bond donors (Lipinski definition) is 0. The van der Waals surface area contributed by atoms with Crippen molar-refractivity contribution in [2.45, 2.75) is 38.9 Å². The van der Waals surface area contributed by atoms with Crippen LogP contribution in [0, 0.1) is 0 Å². The van der Waals surface area contributed by atoms with Crippen molar-refractivity contribution in [2.24, 2.45) is 0 Å². The predicted octanol–water partition coefficient (Wildman–Crippen LogP) is 2.52. The van der Waals surface area contributed by atoms with E-state index < -0.39 is 0 Å². The molecule has 0 rings (SSSR count). The normalized spacial score (nSPS) is 10.3. The van der Waals surface area contributed by atoms with Crippen molar-refractivity contribution >= 4 is 8.80 Å². The first-order valence-electron chi connectivity index (χ1n) is 3.35. The molecule has 7 heavy (non-hydrogen) atoms. The molecular formula is C6H18Si. The molecule has 0 amide bonds. The Morgan fingerprint density at radius 3 is 1.29 bits per heavy atom. The van der Waals surface area contributed by atoms with Crippen LogP contribution in [0.4, 0.5) is 0 Å². The molecule has 0 aliphatic carbocycles. The van der Waals surface area contributed by atoms with Gasteiger partial charge in [-0.25, -0.2) is 0 Å². The minimum absolute atomic E-state index is 0. The van der Waals surface area contributed by atoms with Crippen LogP contribution in [0.1, 0.15) is 22.2 Å². The van der Waals surface area contributed by atoms with Gasteiger partial charge in [0.1, 0.15) is 0 Å². The van der Waals surface area contributed by atoms with Gasteiger partial charge in [-0.05, 0) is 0 Å². The van der Waals surface area contributed by atoms with Gasteiger partial charge in [-0.15, -0.1) is 0 Å². The van der Waals surface area contributed by atoms with E-state index in [1.807, 2.05) is 0 Å². The minimum atomic E-state index is -0.171. The molecule has 0 aliphatic heterocycles. The van der Waals surface area contributed by atoms with E-state index in [2.05, 4.69) is 20.8 Å². The van der Waals surface area contributed by atoms with Gasteiger partial charge in [-0.3, -0.25) is 0 Å². The Morgan fingerprint density at radius 1 is 1.00 bits per heavy atom. The zero-order valence-corrected chi connectivity index (χ0v) is 6.85. The van der Waals surface area contributed by atoms with E-state index in [0.29, 0.717) is 0 Å². The first kappa shape index (κ1) is 7.22. The molecule has 0 saturated heterocycles. The molecular weight excluding hydrogens is 100 g/mol. The van der Waals surface area contributed by atoms with Crippen LogP contribution in [0.5, 0.6) is 0 Å². The van der Waals surface area contributed by atoms with Gasteiger partial charge in [0.05, 0.1) is 0 Å². The maximum absolute atomic E-state index is 2.32. The fourth-order valence-corrected chi connectivity index (χ4v) is 2.60. The lowest BCUT2D eigenvalue weighted by molar-refractivity contribution is 1.24. The molecule has 0 spiro atoms. The van der Waals surface area contributed by atoms with Gasteiger partial charge in [0.25, 0.3) is 0 Å².